The van der Waals surface area contributed by atoms with Gasteiger partial charge < -0.3 is 14.8 Å². The van der Waals surface area contributed by atoms with Gasteiger partial charge in [0.25, 0.3) is 0 Å². The van der Waals surface area contributed by atoms with Gasteiger partial charge >= 0.3 is 6.18 Å². The van der Waals surface area contributed by atoms with Gasteiger partial charge in [-0.15, -0.1) is 0 Å². The second-order valence-corrected chi connectivity index (χ2v) is 7.01. The molecule has 0 unspecified atom stereocenters. The average Bonchev–Trinajstić information content (AvgIpc) is 3.18. The lowest BCUT2D eigenvalue weighted by Crippen LogP contribution is -2.44. The van der Waals surface area contributed by atoms with Crippen LogP contribution >= 0.6 is 0 Å². The maximum Gasteiger partial charge on any atom is 0.451 e. The van der Waals surface area contributed by atoms with E-state index in [0.29, 0.717) is 37.7 Å². The number of fused-ring (bicyclic) bond motifs is 1. The highest BCUT2D eigenvalue weighted by Crippen LogP contribution is 2.32. The predicted molar refractivity (Wildman–Crippen MR) is 97.6 cm³/mol. The first-order chi connectivity index (χ1) is 14.4. The summed E-state index contributed by atoms with van der Waals surface area (Å²) in [6.07, 6.45) is -0.677. The third-order valence-electron chi connectivity index (χ3n) is 5.15. The third kappa shape index (κ3) is 4.36. The van der Waals surface area contributed by atoms with Crippen molar-refractivity contribution in [2.45, 2.75) is 18.1 Å². The van der Waals surface area contributed by atoms with Gasteiger partial charge in [0.1, 0.15) is 12.5 Å². The van der Waals surface area contributed by atoms with Crippen molar-refractivity contribution in [2.24, 2.45) is 0 Å². The van der Waals surface area contributed by atoms with Crippen LogP contribution in [0, 0.1) is 0 Å². The van der Waals surface area contributed by atoms with Crippen LogP contribution in [0.2, 0.25) is 0 Å². The Morgan fingerprint density at radius 1 is 1.23 bits per heavy atom. The topological polar surface area (TPSA) is 89.5 Å². The Bertz CT molecular complexity index is 888. The lowest BCUT2D eigenvalue weighted by atomic mass is 10.0. The van der Waals surface area contributed by atoms with Crippen LogP contribution in [0.25, 0.3) is 0 Å². The number of hydrogen-bond donors (Lipinski definition) is 1. The maximum atomic E-state index is 12.8. The van der Waals surface area contributed by atoms with E-state index < -0.39 is 17.9 Å². The molecule has 11 heteroatoms. The second-order valence-electron chi connectivity index (χ2n) is 7.01. The molecule has 0 aliphatic carbocycles. The number of carbonyl (C=O) groups is 1. The second kappa shape index (κ2) is 8.52. The minimum atomic E-state index is -4.61. The van der Waals surface area contributed by atoms with E-state index in [1.54, 1.807) is 18.3 Å². The van der Waals surface area contributed by atoms with Gasteiger partial charge in [-0.3, -0.25) is 9.69 Å². The molecular weight excluding hydrogens is 403 g/mol. The molecule has 160 valence electrons. The van der Waals surface area contributed by atoms with Crippen molar-refractivity contribution in [3.8, 4) is 5.88 Å². The Morgan fingerprint density at radius 3 is 2.67 bits per heavy atom. The molecule has 1 saturated heterocycles. The predicted octanol–water partition coefficient (Wildman–Crippen LogP) is 1.56. The first kappa shape index (κ1) is 20.5. The summed E-state index contributed by atoms with van der Waals surface area (Å²) in [7, 11) is 0. The molecule has 1 N–H and O–H groups in total. The van der Waals surface area contributed by atoms with E-state index in [-0.39, 0.29) is 25.1 Å². The Kier molecular flexibility index (Phi) is 5.82. The van der Waals surface area contributed by atoms with Crippen LogP contribution in [0.5, 0.6) is 5.88 Å². The van der Waals surface area contributed by atoms with E-state index in [1.165, 1.54) is 12.4 Å². The molecule has 2 aromatic heterocycles. The number of carbonyl (C=O) groups excluding carboxylic acids is 1. The molecule has 0 saturated carbocycles. The van der Waals surface area contributed by atoms with Crippen LogP contribution in [0.3, 0.4) is 0 Å². The molecule has 0 bridgehead atoms. The summed E-state index contributed by atoms with van der Waals surface area (Å²) >= 11 is 0. The summed E-state index contributed by atoms with van der Waals surface area (Å²) in [5.74, 6) is -1.46. The number of pyridine rings is 1. The molecule has 4 heterocycles. The van der Waals surface area contributed by atoms with E-state index in [0.717, 1.165) is 5.56 Å². The van der Waals surface area contributed by atoms with Crippen LogP contribution in [-0.4, -0.2) is 65.2 Å². The summed E-state index contributed by atoms with van der Waals surface area (Å²) in [6.45, 7) is 2.56. The lowest BCUT2D eigenvalue weighted by Gasteiger charge is -2.34. The summed E-state index contributed by atoms with van der Waals surface area (Å²) < 4.78 is 49.2. The van der Waals surface area contributed by atoms with Crippen molar-refractivity contribution in [1.29, 1.82) is 0 Å². The highest BCUT2D eigenvalue weighted by atomic mass is 19.4. The molecule has 0 spiro atoms. The van der Waals surface area contributed by atoms with E-state index in [2.05, 4.69) is 20.3 Å². The molecule has 30 heavy (non-hydrogen) atoms. The minimum absolute atomic E-state index is 0.194. The number of nitrogens with zero attached hydrogens (tertiary/aromatic N) is 4. The van der Waals surface area contributed by atoms with Gasteiger partial charge in [-0.05, 0) is 6.07 Å². The standard InChI is InChI=1S/C19H20F3N5O3/c20-19(21,22)18-25-8-12(9-26-18)15(27-4-6-29-7-5-27)10-24-16(28)14-11-30-17-13(14)2-1-3-23-17/h1-3,8-9,14-15H,4-7,10-11H2,(H,24,28)/t14-,15+/m1/s1. The van der Waals surface area contributed by atoms with E-state index >= 15 is 0 Å². The molecule has 1 amide bonds. The number of rotatable bonds is 5. The third-order valence-corrected chi connectivity index (χ3v) is 5.15. The maximum absolute atomic E-state index is 12.8. The Labute approximate surface area is 170 Å². The number of halogens is 3. The molecule has 2 aliphatic heterocycles. The van der Waals surface area contributed by atoms with Gasteiger partial charge in [0.15, 0.2) is 0 Å². The Hall–Kier alpha value is -2.79. The number of amides is 1. The van der Waals surface area contributed by atoms with Gasteiger partial charge in [0.2, 0.25) is 17.6 Å². The quantitative estimate of drug-likeness (QED) is 0.781. The first-order valence-corrected chi connectivity index (χ1v) is 9.50. The number of morpholine rings is 1. The smallest absolute Gasteiger partial charge is 0.451 e. The molecule has 0 aromatic carbocycles. The van der Waals surface area contributed by atoms with Crippen molar-refractivity contribution < 1.29 is 27.4 Å². The van der Waals surface area contributed by atoms with Crippen LogP contribution in [0.1, 0.15) is 28.9 Å². The highest BCUT2D eigenvalue weighted by Gasteiger charge is 2.35. The molecule has 2 aromatic rings. The molecule has 4 rings (SSSR count). The van der Waals surface area contributed by atoms with Crippen LogP contribution in [-0.2, 0) is 15.7 Å². The zero-order valence-corrected chi connectivity index (χ0v) is 15.9. The van der Waals surface area contributed by atoms with Crippen LogP contribution in [0.15, 0.2) is 30.7 Å². The van der Waals surface area contributed by atoms with Crippen molar-refractivity contribution in [1.82, 2.24) is 25.2 Å². The fraction of sp³-hybridized carbons (Fsp3) is 0.474. The fourth-order valence-electron chi connectivity index (χ4n) is 3.58. The summed E-state index contributed by atoms with van der Waals surface area (Å²) in [5, 5.41) is 2.90. The molecule has 0 radical (unpaired) electrons. The zero-order chi connectivity index (χ0) is 21.1. The van der Waals surface area contributed by atoms with Crippen molar-refractivity contribution in [3.05, 3.63) is 47.7 Å². The zero-order valence-electron chi connectivity index (χ0n) is 15.9. The molecule has 2 atom stereocenters. The fourth-order valence-corrected chi connectivity index (χ4v) is 3.58. The average molecular weight is 423 g/mol. The summed E-state index contributed by atoms with van der Waals surface area (Å²) in [4.78, 5) is 25.8. The number of nitrogens with one attached hydrogen (secondary N) is 1. The number of ether oxygens (including phenoxy) is 2. The molecule has 2 aliphatic rings. The molecule has 1 fully saturated rings. The Balaban J connectivity index is 1.49. The first-order valence-electron chi connectivity index (χ1n) is 9.50. The number of hydrogen-bond acceptors (Lipinski definition) is 7. The van der Waals surface area contributed by atoms with Gasteiger partial charge in [-0.1, -0.05) is 6.07 Å². The van der Waals surface area contributed by atoms with Gasteiger partial charge in [-0.2, -0.15) is 13.2 Å². The Morgan fingerprint density at radius 2 is 1.97 bits per heavy atom. The normalized spacial score (nSPS) is 20.3. The van der Waals surface area contributed by atoms with E-state index in [4.69, 9.17) is 9.47 Å². The largest absolute Gasteiger partial charge is 0.476 e. The van der Waals surface area contributed by atoms with Crippen LogP contribution in [0.4, 0.5) is 13.2 Å². The number of alkyl halides is 3. The lowest BCUT2D eigenvalue weighted by molar-refractivity contribution is -0.145. The minimum Gasteiger partial charge on any atom is -0.476 e. The molecule has 8 nitrogen and oxygen atoms in total. The van der Waals surface area contributed by atoms with E-state index in [1.807, 2.05) is 4.90 Å². The van der Waals surface area contributed by atoms with Crippen molar-refractivity contribution >= 4 is 5.91 Å². The van der Waals surface area contributed by atoms with E-state index in [9.17, 15) is 18.0 Å². The highest BCUT2D eigenvalue weighted by molar-refractivity contribution is 5.85. The SMILES string of the molecule is O=C(NC[C@@H](c1cnc(C(F)(F)F)nc1)N1CCOCC1)[C@@H]1COc2ncccc21. The number of aromatic nitrogens is 3. The van der Waals surface area contributed by atoms with Gasteiger partial charge in [0.05, 0.1) is 19.3 Å². The molecular formula is C19H20F3N5O3. The summed E-state index contributed by atoms with van der Waals surface area (Å²) in [6, 6.07) is 3.16. The summed E-state index contributed by atoms with van der Waals surface area (Å²) in [5.41, 5.74) is 1.21. The van der Waals surface area contributed by atoms with Crippen LogP contribution < -0.4 is 10.1 Å². The van der Waals surface area contributed by atoms with Gasteiger partial charge in [-0.25, -0.2) is 15.0 Å². The van der Waals surface area contributed by atoms with Crippen molar-refractivity contribution in [3.63, 3.8) is 0 Å². The van der Waals surface area contributed by atoms with Gasteiger partial charge in [0, 0.05) is 49.4 Å². The monoisotopic (exact) mass is 423 g/mol. The van der Waals surface area contributed by atoms with Crippen molar-refractivity contribution in [2.75, 3.05) is 39.5 Å².